The molecule has 0 aromatic rings. The number of nitrogens with one attached hydrogen (secondary N) is 1. The number of likely N-dealkylation sites (N-methyl/N-ethyl adjacent to an activating group) is 1. The fourth-order valence-electron chi connectivity index (χ4n) is 2.94. The lowest BCUT2D eigenvalue weighted by atomic mass is 9.89. The normalized spacial score (nSPS) is 27.8. The fourth-order valence-corrected chi connectivity index (χ4v) is 2.94. The highest BCUT2D eigenvalue weighted by molar-refractivity contribution is 5.78. The van der Waals surface area contributed by atoms with Crippen LogP contribution in [0.3, 0.4) is 0 Å². The summed E-state index contributed by atoms with van der Waals surface area (Å²) in [5, 5.41) is 3.36. The van der Waals surface area contributed by atoms with E-state index in [0.717, 1.165) is 39.0 Å². The lowest BCUT2D eigenvalue weighted by molar-refractivity contribution is -0.174. The fraction of sp³-hybridized carbons (Fsp3) is 0.923. The van der Waals surface area contributed by atoms with Gasteiger partial charge >= 0.3 is 0 Å². The van der Waals surface area contributed by atoms with Crippen molar-refractivity contribution >= 4 is 5.91 Å². The van der Waals surface area contributed by atoms with Gasteiger partial charge in [-0.15, -0.1) is 0 Å². The second kappa shape index (κ2) is 5.55. The van der Waals surface area contributed by atoms with Crippen LogP contribution >= 0.6 is 0 Å². The number of carbonyl (C=O) groups is 1. The summed E-state index contributed by atoms with van der Waals surface area (Å²) in [4.78, 5) is 16.1. The second-order valence-electron chi connectivity index (χ2n) is 5.87. The van der Waals surface area contributed by atoms with Gasteiger partial charge < -0.3 is 19.9 Å². The molecule has 0 aliphatic carbocycles. The molecule has 0 bridgehead atoms. The molecule has 104 valence electrons. The lowest BCUT2D eigenvalue weighted by Gasteiger charge is -2.47. The summed E-state index contributed by atoms with van der Waals surface area (Å²) < 4.78 is 6.15. The summed E-state index contributed by atoms with van der Waals surface area (Å²) >= 11 is 0. The van der Waals surface area contributed by atoms with E-state index in [9.17, 15) is 4.79 Å². The van der Waals surface area contributed by atoms with Crippen molar-refractivity contribution in [3.63, 3.8) is 0 Å². The highest BCUT2D eigenvalue weighted by atomic mass is 16.5. The highest BCUT2D eigenvalue weighted by Gasteiger charge is 2.41. The number of ether oxygens (including phenoxy) is 1. The monoisotopic (exact) mass is 255 g/mol. The van der Waals surface area contributed by atoms with Gasteiger partial charge in [-0.05, 0) is 47.0 Å². The predicted octanol–water partition coefficient (Wildman–Crippen LogP) is -0.0825. The van der Waals surface area contributed by atoms with Gasteiger partial charge in [-0.2, -0.15) is 0 Å². The first-order valence-electron chi connectivity index (χ1n) is 6.82. The zero-order valence-electron chi connectivity index (χ0n) is 11.7. The van der Waals surface area contributed by atoms with E-state index < -0.39 is 0 Å². The van der Waals surface area contributed by atoms with Crippen molar-refractivity contribution in [1.82, 2.24) is 15.1 Å². The maximum Gasteiger partial charge on any atom is 0.236 e. The third kappa shape index (κ3) is 3.22. The van der Waals surface area contributed by atoms with E-state index in [-0.39, 0.29) is 17.6 Å². The summed E-state index contributed by atoms with van der Waals surface area (Å²) in [5.41, 5.74) is -0.106. The van der Waals surface area contributed by atoms with Crippen LogP contribution in [0.4, 0.5) is 0 Å². The van der Waals surface area contributed by atoms with E-state index >= 15 is 0 Å². The number of nitrogens with zero attached hydrogens (tertiary/aromatic N) is 2. The molecule has 5 heteroatoms. The Morgan fingerprint density at radius 1 is 1.44 bits per heavy atom. The van der Waals surface area contributed by atoms with Crippen molar-refractivity contribution in [2.45, 2.75) is 31.5 Å². The average Bonchev–Trinajstić information content (AvgIpc) is 2.27. The van der Waals surface area contributed by atoms with Crippen molar-refractivity contribution in [3.05, 3.63) is 0 Å². The Hall–Kier alpha value is -0.650. The van der Waals surface area contributed by atoms with Crippen LogP contribution in [0.15, 0.2) is 0 Å². The van der Waals surface area contributed by atoms with Gasteiger partial charge in [0.25, 0.3) is 0 Å². The Kier molecular flexibility index (Phi) is 4.25. The number of piperidine rings is 1. The number of rotatable bonds is 2. The van der Waals surface area contributed by atoms with E-state index in [4.69, 9.17) is 4.74 Å². The Bertz CT molecular complexity index is 301. The summed E-state index contributed by atoms with van der Waals surface area (Å²) in [5.74, 6) is 0.216. The van der Waals surface area contributed by atoms with Gasteiger partial charge in [0.1, 0.15) is 0 Å². The minimum Gasteiger partial charge on any atom is -0.368 e. The Labute approximate surface area is 109 Å². The molecule has 1 unspecified atom stereocenters. The SMILES string of the molecule is CC1CN(C(=O)CN(C)C)CC2(CCNCC2)O1. The number of hydrogen-bond donors (Lipinski definition) is 1. The third-order valence-corrected chi connectivity index (χ3v) is 3.73. The first kappa shape index (κ1) is 13.8. The predicted molar refractivity (Wildman–Crippen MR) is 70.5 cm³/mol. The molecule has 1 amide bonds. The van der Waals surface area contributed by atoms with E-state index in [1.807, 2.05) is 23.9 Å². The first-order valence-corrected chi connectivity index (χ1v) is 6.82. The number of amides is 1. The van der Waals surface area contributed by atoms with E-state index in [1.54, 1.807) is 0 Å². The number of carbonyl (C=O) groups excluding carboxylic acids is 1. The Morgan fingerprint density at radius 2 is 2.11 bits per heavy atom. The average molecular weight is 255 g/mol. The quantitative estimate of drug-likeness (QED) is 0.749. The van der Waals surface area contributed by atoms with Crippen LogP contribution in [0, 0.1) is 0 Å². The standard InChI is InChI=1S/C13H25N3O2/c1-11-8-16(12(17)9-15(2)3)10-13(18-11)4-6-14-7-5-13/h11,14H,4-10H2,1-3H3. The molecule has 2 fully saturated rings. The molecule has 0 aromatic carbocycles. The van der Waals surface area contributed by atoms with Gasteiger partial charge in [-0.3, -0.25) is 4.79 Å². The molecule has 2 rings (SSSR count). The van der Waals surface area contributed by atoms with Crippen LogP contribution in [0.1, 0.15) is 19.8 Å². The van der Waals surface area contributed by atoms with Gasteiger partial charge in [0.15, 0.2) is 0 Å². The molecular formula is C13H25N3O2. The second-order valence-corrected chi connectivity index (χ2v) is 5.87. The zero-order valence-corrected chi connectivity index (χ0v) is 11.7. The van der Waals surface area contributed by atoms with Crippen LogP contribution < -0.4 is 5.32 Å². The van der Waals surface area contributed by atoms with Crippen LogP contribution in [0.25, 0.3) is 0 Å². The molecule has 5 nitrogen and oxygen atoms in total. The minimum atomic E-state index is -0.106. The van der Waals surface area contributed by atoms with Crippen LogP contribution in [-0.4, -0.2) is 74.2 Å². The van der Waals surface area contributed by atoms with E-state index in [2.05, 4.69) is 12.2 Å². The van der Waals surface area contributed by atoms with Crippen molar-refractivity contribution in [3.8, 4) is 0 Å². The molecule has 1 atom stereocenters. The number of hydrogen-bond acceptors (Lipinski definition) is 4. The molecule has 0 aromatic heterocycles. The highest BCUT2D eigenvalue weighted by Crippen LogP contribution is 2.30. The molecule has 1 N–H and O–H groups in total. The molecule has 0 radical (unpaired) electrons. The largest absolute Gasteiger partial charge is 0.368 e. The van der Waals surface area contributed by atoms with Gasteiger partial charge in [-0.25, -0.2) is 0 Å². The zero-order chi connectivity index (χ0) is 13.2. The molecular weight excluding hydrogens is 230 g/mol. The van der Waals surface area contributed by atoms with Gasteiger partial charge in [-0.1, -0.05) is 0 Å². The first-order chi connectivity index (χ1) is 8.51. The van der Waals surface area contributed by atoms with Gasteiger partial charge in [0.05, 0.1) is 18.2 Å². The van der Waals surface area contributed by atoms with Gasteiger partial charge in [0, 0.05) is 13.1 Å². The molecule has 0 saturated carbocycles. The Morgan fingerprint density at radius 3 is 2.72 bits per heavy atom. The van der Waals surface area contributed by atoms with Crippen molar-refractivity contribution in [2.75, 3.05) is 46.8 Å². The summed E-state index contributed by atoms with van der Waals surface area (Å²) in [6.07, 6.45) is 2.15. The summed E-state index contributed by atoms with van der Waals surface area (Å²) in [7, 11) is 3.87. The molecule has 2 heterocycles. The number of morpholine rings is 1. The Balaban J connectivity index is 2.01. The minimum absolute atomic E-state index is 0.106. The van der Waals surface area contributed by atoms with E-state index in [1.165, 1.54) is 0 Å². The van der Waals surface area contributed by atoms with E-state index in [0.29, 0.717) is 6.54 Å². The summed E-state index contributed by atoms with van der Waals surface area (Å²) in [6, 6.07) is 0. The molecule has 2 aliphatic heterocycles. The molecule has 2 aliphatic rings. The van der Waals surface area contributed by atoms with Crippen LogP contribution in [-0.2, 0) is 9.53 Å². The van der Waals surface area contributed by atoms with Crippen LogP contribution in [0.5, 0.6) is 0 Å². The molecule has 2 saturated heterocycles. The summed E-state index contributed by atoms with van der Waals surface area (Å²) in [6.45, 7) is 6.01. The third-order valence-electron chi connectivity index (χ3n) is 3.73. The van der Waals surface area contributed by atoms with Crippen molar-refractivity contribution in [2.24, 2.45) is 0 Å². The van der Waals surface area contributed by atoms with Crippen molar-refractivity contribution in [1.29, 1.82) is 0 Å². The molecule has 1 spiro atoms. The lowest BCUT2D eigenvalue weighted by Crippen LogP contribution is -2.60. The maximum absolute atomic E-state index is 12.2. The maximum atomic E-state index is 12.2. The van der Waals surface area contributed by atoms with Gasteiger partial charge in [0.2, 0.25) is 5.91 Å². The molecule has 18 heavy (non-hydrogen) atoms. The van der Waals surface area contributed by atoms with Crippen molar-refractivity contribution < 1.29 is 9.53 Å². The topological polar surface area (TPSA) is 44.8 Å². The van der Waals surface area contributed by atoms with Crippen LogP contribution in [0.2, 0.25) is 0 Å². The smallest absolute Gasteiger partial charge is 0.236 e.